The first-order valence-electron chi connectivity index (χ1n) is 7.44. The van der Waals surface area contributed by atoms with Gasteiger partial charge in [-0.3, -0.25) is 4.90 Å². The van der Waals surface area contributed by atoms with Gasteiger partial charge in [0.25, 0.3) is 0 Å². The number of ether oxygens (including phenoxy) is 2. The molecule has 1 unspecified atom stereocenters. The van der Waals surface area contributed by atoms with Gasteiger partial charge in [0.15, 0.2) is 11.5 Å². The monoisotopic (exact) mass is 295 g/mol. The Morgan fingerprint density at radius 3 is 2.57 bits per heavy atom. The average Bonchev–Trinajstić information content (AvgIpc) is 3.05. The first-order valence-corrected chi connectivity index (χ1v) is 7.44. The van der Waals surface area contributed by atoms with Crippen LogP contribution < -0.4 is 9.47 Å². The van der Waals surface area contributed by atoms with Crippen LogP contribution in [0.15, 0.2) is 12.1 Å². The van der Waals surface area contributed by atoms with Crippen LogP contribution in [0.1, 0.15) is 31.2 Å². The Morgan fingerprint density at radius 1 is 1.29 bits per heavy atom. The number of nitrogens with zero attached hydrogens (tertiary/aromatic N) is 1. The van der Waals surface area contributed by atoms with Crippen LogP contribution in [0.5, 0.6) is 11.5 Å². The van der Waals surface area contributed by atoms with Gasteiger partial charge in [-0.25, -0.2) is 4.39 Å². The van der Waals surface area contributed by atoms with Crippen LogP contribution in [0.25, 0.3) is 0 Å². The van der Waals surface area contributed by atoms with E-state index in [0.717, 1.165) is 32.2 Å². The molecule has 0 amide bonds. The predicted octanol–water partition coefficient (Wildman–Crippen LogP) is 2.33. The number of rotatable bonds is 5. The summed E-state index contributed by atoms with van der Waals surface area (Å²) >= 11 is 0. The highest BCUT2D eigenvalue weighted by Gasteiger charge is 2.51. The Hall–Kier alpha value is -1.33. The Kier molecular flexibility index (Phi) is 3.80. The van der Waals surface area contributed by atoms with E-state index in [2.05, 4.69) is 4.90 Å². The van der Waals surface area contributed by atoms with E-state index in [4.69, 9.17) is 9.47 Å². The van der Waals surface area contributed by atoms with Crippen molar-refractivity contribution in [3.63, 3.8) is 0 Å². The van der Waals surface area contributed by atoms with Gasteiger partial charge in [0.2, 0.25) is 0 Å². The number of hydrogen-bond acceptors (Lipinski definition) is 4. The molecule has 0 spiro atoms. The molecule has 1 N–H and O–H groups in total. The summed E-state index contributed by atoms with van der Waals surface area (Å²) in [4.78, 5) is 2.19. The van der Waals surface area contributed by atoms with E-state index in [-0.39, 0.29) is 11.9 Å². The standard InChI is InChI=1S/C16H22FNO3/c1-20-13-8-11(12(17)9-14(13)21-2)10-18-7-3-4-15(18)16(19)5-6-16/h8-9,15,19H,3-7,10H2,1-2H3. The largest absolute Gasteiger partial charge is 0.493 e. The average molecular weight is 295 g/mol. The first kappa shape index (κ1) is 14.6. The molecule has 2 aliphatic rings. The van der Waals surface area contributed by atoms with Crippen molar-refractivity contribution in [2.24, 2.45) is 0 Å². The molecule has 2 fully saturated rings. The lowest BCUT2D eigenvalue weighted by Gasteiger charge is -2.29. The van der Waals surface area contributed by atoms with Crippen LogP contribution in [0, 0.1) is 5.82 Å². The van der Waals surface area contributed by atoms with Crippen LogP contribution in [0.4, 0.5) is 4.39 Å². The first-order chi connectivity index (χ1) is 10.1. The van der Waals surface area contributed by atoms with Crippen molar-refractivity contribution in [1.29, 1.82) is 0 Å². The molecule has 1 saturated heterocycles. The zero-order valence-corrected chi connectivity index (χ0v) is 12.6. The van der Waals surface area contributed by atoms with Crippen molar-refractivity contribution < 1.29 is 19.0 Å². The summed E-state index contributed by atoms with van der Waals surface area (Å²) in [5, 5.41) is 10.3. The summed E-state index contributed by atoms with van der Waals surface area (Å²) < 4.78 is 24.6. The molecule has 1 aliphatic carbocycles. The summed E-state index contributed by atoms with van der Waals surface area (Å²) in [6.45, 7) is 1.40. The SMILES string of the molecule is COc1cc(F)c(CN2CCCC2C2(O)CC2)cc1OC. The lowest BCUT2D eigenvalue weighted by Crippen LogP contribution is -2.40. The van der Waals surface area contributed by atoms with Crippen LogP contribution in [-0.4, -0.2) is 42.4 Å². The summed E-state index contributed by atoms with van der Waals surface area (Å²) in [7, 11) is 3.04. The van der Waals surface area contributed by atoms with Gasteiger partial charge in [-0.1, -0.05) is 0 Å². The highest BCUT2D eigenvalue weighted by molar-refractivity contribution is 5.43. The highest BCUT2D eigenvalue weighted by Crippen LogP contribution is 2.45. The van der Waals surface area contributed by atoms with Crippen molar-refractivity contribution in [3.8, 4) is 11.5 Å². The van der Waals surface area contributed by atoms with Gasteiger partial charge in [0, 0.05) is 24.2 Å². The topological polar surface area (TPSA) is 41.9 Å². The fourth-order valence-corrected chi connectivity index (χ4v) is 3.32. The van der Waals surface area contributed by atoms with E-state index < -0.39 is 5.60 Å². The second-order valence-electron chi connectivity index (χ2n) is 6.03. The summed E-state index contributed by atoms with van der Waals surface area (Å²) in [5.41, 5.74) is 0.0487. The third-order valence-corrected chi connectivity index (χ3v) is 4.67. The molecule has 1 heterocycles. The van der Waals surface area contributed by atoms with E-state index in [1.54, 1.807) is 13.2 Å². The molecule has 0 radical (unpaired) electrons. The summed E-state index contributed by atoms with van der Waals surface area (Å²) in [5.74, 6) is 0.647. The number of halogens is 1. The Balaban J connectivity index is 1.81. The normalized spacial score (nSPS) is 24.1. The van der Waals surface area contributed by atoms with Gasteiger partial charge < -0.3 is 14.6 Å². The van der Waals surface area contributed by atoms with Crippen molar-refractivity contribution in [2.45, 2.75) is 43.9 Å². The van der Waals surface area contributed by atoms with Gasteiger partial charge in [0.05, 0.1) is 19.8 Å². The third-order valence-electron chi connectivity index (χ3n) is 4.67. The lowest BCUT2D eigenvalue weighted by atomic mass is 10.1. The maximum Gasteiger partial charge on any atom is 0.163 e. The van der Waals surface area contributed by atoms with Crippen molar-refractivity contribution in [3.05, 3.63) is 23.5 Å². The zero-order chi connectivity index (χ0) is 15.0. The van der Waals surface area contributed by atoms with Gasteiger partial charge >= 0.3 is 0 Å². The maximum absolute atomic E-state index is 14.2. The van der Waals surface area contributed by atoms with E-state index in [0.29, 0.717) is 23.6 Å². The molecular weight excluding hydrogens is 273 g/mol. The van der Waals surface area contributed by atoms with Crippen LogP contribution in [-0.2, 0) is 6.54 Å². The van der Waals surface area contributed by atoms with E-state index >= 15 is 0 Å². The molecule has 116 valence electrons. The molecule has 1 aromatic carbocycles. The molecule has 5 heteroatoms. The molecule has 0 aromatic heterocycles. The van der Waals surface area contributed by atoms with E-state index in [9.17, 15) is 9.50 Å². The van der Waals surface area contributed by atoms with Gasteiger partial charge in [0.1, 0.15) is 5.82 Å². The zero-order valence-electron chi connectivity index (χ0n) is 12.6. The number of benzene rings is 1. The Bertz CT molecular complexity index is 530. The number of methoxy groups -OCH3 is 2. The molecule has 0 bridgehead atoms. The molecule has 4 nitrogen and oxygen atoms in total. The van der Waals surface area contributed by atoms with E-state index in [1.165, 1.54) is 13.2 Å². The highest BCUT2D eigenvalue weighted by atomic mass is 19.1. The molecule has 1 atom stereocenters. The second kappa shape index (κ2) is 5.46. The molecular formula is C16H22FNO3. The maximum atomic E-state index is 14.2. The Labute approximate surface area is 124 Å². The molecule has 1 aliphatic heterocycles. The second-order valence-corrected chi connectivity index (χ2v) is 6.03. The quantitative estimate of drug-likeness (QED) is 0.905. The number of hydrogen-bond donors (Lipinski definition) is 1. The Morgan fingerprint density at radius 2 is 1.95 bits per heavy atom. The predicted molar refractivity (Wildman–Crippen MR) is 77.1 cm³/mol. The smallest absolute Gasteiger partial charge is 0.163 e. The number of aliphatic hydroxyl groups is 1. The van der Waals surface area contributed by atoms with Gasteiger partial charge in [-0.2, -0.15) is 0 Å². The van der Waals surface area contributed by atoms with E-state index in [1.807, 2.05) is 0 Å². The van der Waals surface area contributed by atoms with Crippen LogP contribution in [0.3, 0.4) is 0 Å². The van der Waals surface area contributed by atoms with Crippen molar-refractivity contribution in [1.82, 2.24) is 4.90 Å². The third kappa shape index (κ3) is 2.72. The van der Waals surface area contributed by atoms with Gasteiger partial charge in [-0.15, -0.1) is 0 Å². The molecule has 3 rings (SSSR count). The minimum Gasteiger partial charge on any atom is -0.493 e. The van der Waals surface area contributed by atoms with Crippen LogP contribution >= 0.6 is 0 Å². The summed E-state index contributed by atoms with van der Waals surface area (Å²) in [6.07, 6.45) is 3.78. The van der Waals surface area contributed by atoms with Crippen molar-refractivity contribution in [2.75, 3.05) is 20.8 Å². The fourth-order valence-electron chi connectivity index (χ4n) is 3.32. The fraction of sp³-hybridized carbons (Fsp3) is 0.625. The molecule has 1 aromatic rings. The molecule has 1 saturated carbocycles. The van der Waals surface area contributed by atoms with Crippen LogP contribution in [0.2, 0.25) is 0 Å². The minimum atomic E-state index is -0.538. The summed E-state index contributed by atoms with van der Waals surface area (Å²) in [6, 6.07) is 3.22. The van der Waals surface area contributed by atoms with Gasteiger partial charge in [-0.05, 0) is 38.3 Å². The lowest BCUT2D eigenvalue weighted by molar-refractivity contribution is 0.0476. The number of likely N-dealkylation sites (tertiary alicyclic amines) is 1. The van der Waals surface area contributed by atoms with Crippen molar-refractivity contribution >= 4 is 0 Å². The molecule has 21 heavy (non-hydrogen) atoms. The minimum absolute atomic E-state index is 0.157.